The molecular formula is C22H20ClNO5. The van der Waals surface area contributed by atoms with Crippen LogP contribution < -0.4 is 9.47 Å². The summed E-state index contributed by atoms with van der Waals surface area (Å²) in [6.45, 7) is 2.33. The van der Waals surface area contributed by atoms with Gasteiger partial charge < -0.3 is 14.4 Å². The van der Waals surface area contributed by atoms with Gasteiger partial charge >= 0.3 is 5.97 Å². The summed E-state index contributed by atoms with van der Waals surface area (Å²) >= 11 is 5.99. The summed E-state index contributed by atoms with van der Waals surface area (Å²) in [6.07, 6.45) is 1.45. The number of piperidine rings is 1. The Morgan fingerprint density at radius 2 is 1.79 bits per heavy atom. The van der Waals surface area contributed by atoms with E-state index < -0.39 is 11.6 Å². The zero-order valence-corrected chi connectivity index (χ0v) is 16.7. The molecule has 0 saturated carbocycles. The number of hydrogen-bond donors (Lipinski definition) is 0. The molecule has 29 heavy (non-hydrogen) atoms. The first-order valence-corrected chi connectivity index (χ1v) is 9.83. The van der Waals surface area contributed by atoms with Crippen LogP contribution in [0.5, 0.6) is 11.5 Å². The zero-order chi connectivity index (χ0) is 20.6. The van der Waals surface area contributed by atoms with E-state index in [-0.39, 0.29) is 11.7 Å². The number of carbonyl (C=O) groups is 3. The van der Waals surface area contributed by atoms with Gasteiger partial charge in [0.15, 0.2) is 5.78 Å². The molecular weight excluding hydrogens is 394 g/mol. The van der Waals surface area contributed by atoms with Crippen molar-refractivity contribution in [1.82, 2.24) is 4.90 Å². The number of fused-ring (bicyclic) bond motifs is 1. The number of Topliss-reactive ketones (excluding diaryl/α,β-unsaturated/α-hetero) is 1. The predicted octanol–water partition coefficient (Wildman–Crippen LogP) is 3.91. The van der Waals surface area contributed by atoms with Crippen LogP contribution in [0.25, 0.3) is 0 Å². The Bertz CT molecular complexity index is 977. The lowest BCUT2D eigenvalue weighted by molar-refractivity contribution is -0.131. The number of ketones is 1. The van der Waals surface area contributed by atoms with Crippen molar-refractivity contribution in [2.45, 2.75) is 31.8 Å². The first kappa shape index (κ1) is 19.5. The molecule has 1 saturated heterocycles. The third kappa shape index (κ3) is 3.98. The second kappa shape index (κ2) is 7.52. The molecule has 4 rings (SSSR count). The molecule has 7 heteroatoms. The van der Waals surface area contributed by atoms with Crippen LogP contribution in [0.15, 0.2) is 42.5 Å². The fourth-order valence-electron chi connectivity index (χ4n) is 3.88. The van der Waals surface area contributed by atoms with Crippen molar-refractivity contribution < 1.29 is 23.9 Å². The number of amides is 1. The molecule has 2 aromatic carbocycles. The molecule has 2 aliphatic heterocycles. The van der Waals surface area contributed by atoms with E-state index in [0.717, 1.165) is 0 Å². The summed E-state index contributed by atoms with van der Waals surface area (Å²) < 4.78 is 11.2. The maximum Gasteiger partial charge on any atom is 0.308 e. The van der Waals surface area contributed by atoms with Crippen molar-refractivity contribution in [3.05, 3.63) is 58.6 Å². The number of ether oxygens (including phenoxy) is 2. The maximum atomic E-state index is 12.8. The smallest absolute Gasteiger partial charge is 0.308 e. The summed E-state index contributed by atoms with van der Waals surface area (Å²) in [5.74, 6) is 0.487. The summed E-state index contributed by atoms with van der Waals surface area (Å²) in [5, 5.41) is 0.511. The van der Waals surface area contributed by atoms with Gasteiger partial charge in [-0.25, -0.2) is 0 Å². The Hall–Kier alpha value is -2.86. The fourth-order valence-corrected chi connectivity index (χ4v) is 4.05. The van der Waals surface area contributed by atoms with E-state index in [1.54, 1.807) is 47.4 Å². The molecule has 0 radical (unpaired) electrons. The van der Waals surface area contributed by atoms with Crippen LogP contribution in [0.3, 0.4) is 0 Å². The van der Waals surface area contributed by atoms with E-state index in [2.05, 4.69) is 0 Å². The van der Waals surface area contributed by atoms with Crippen molar-refractivity contribution in [2.24, 2.45) is 0 Å². The highest BCUT2D eigenvalue weighted by Gasteiger charge is 2.43. The molecule has 1 amide bonds. The van der Waals surface area contributed by atoms with E-state index in [4.69, 9.17) is 21.1 Å². The van der Waals surface area contributed by atoms with Gasteiger partial charge in [-0.05, 0) is 42.5 Å². The van der Waals surface area contributed by atoms with Gasteiger partial charge in [-0.2, -0.15) is 0 Å². The zero-order valence-electron chi connectivity index (χ0n) is 15.9. The SMILES string of the molecule is CC(=O)Oc1ccc(C(=O)N2CCC3(CC2)CC(=O)c2cc(Cl)ccc2O3)cc1. The topological polar surface area (TPSA) is 72.9 Å². The monoisotopic (exact) mass is 413 g/mol. The average molecular weight is 414 g/mol. The molecule has 0 N–H and O–H groups in total. The Morgan fingerprint density at radius 3 is 2.45 bits per heavy atom. The van der Waals surface area contributed by atoms with E-state index in [9.17, 15) is 14.4 Å². The summed E-state index contributed by atoms with van der Waals surface area (Å²) in [7, 11) is 0. The highest BCUT2D eigenvalue weighted by molar-refractivity contribution is 6.31. The second-order valence-corrected chi connectivity index (χ2v) is 7.87. The normalized spacial score (nSPS) is 17.4. The van der Waals surface area contributed by atoms with Crippen LogP contribution in [-0.2, 0) is 4.79 Å². The van der Waals surface area contributed by atoms with Gasteiger partial charge in [-0.1, -0.05) is 11.6 Å². The van der Waals surface area contributed by atoms with Crippen LogP contribution in [0.2, 0.25) is 5.02 Å². The second-order valence-electron chi connectivity index (χ2n) is 7.44. The van der Waals surface area contributed by atoms with E-state index in [1.807, 2.05) is 0 Å². The molecule has 0 atom stereocenters. The highest BCUT2D eigenvalue weighted by Crippen LogP contribution is 2.40. The van der Waals surface area contributed by atoms with Crippen molar-refractivity contribution in [2.75, 3.05) is 13.1 Å². The van der Waals surface area contributed by atoms with Crippen molar-refractivity contribution in [3.63, 3.8) is 0 Å². The van der Waals surface area contributed by atoms with Gasteiger partial charge in [0.1, 0.15) is 17.1 Å². The third-order valence-corrected chi connectivity index (χ3v) is 5.61. The molecule has 0 unspecified atom stereocenters. The number of esters is 1. The number of benzene rings is 2. The molecule has 1 fully saturated rings. The van der Waals surface area contributed by atoms with Gasteiger partial charge in [0.05, 0.1) is 12.0 Å². The Kier molecular flexibility index (Phi) is 5.04. The minimum Gasteiger partial charge on any atom is -0.486 e. The Morgan fingerprint density at radius 1 is 1.10 bits per heavy atom. The van der Waals surface area contributed by atoms with Gasteiger partial charge in [-0.3, -0.25) is 14.4 Å². The number of halogens is 1. The standard InChI is InChI=1S/C22H20ClNO5/c1-14(25)28-17-5-2-15(3-6-17)21(27)24-10-8-22(9-11-24)13-19(26)18-12-16(23)4-7-20(18)29-22/h2-7,12H,8-11,13H2,1H3. The summed E-state index contributed by atoms with van der Waals surface area (Å²) in [4.78, 5) is 38.2. The fraction of sp³-hybridized carbons (Fsp3) is 0.318. The van der Waals surface area contributed by atoms with Crippen molar-refractivity contribution >= 4 is 29.3 Å². The lowest BCUT2D eigenvalue weighted by Gasteiger charge is -2.44. The maximum absolute atomic E-state index is 12.8. The first-order valence-electron chi connectivity index (χ1n) is 9.45. The Labute approximate surface area is 173 Å². The van der Waals surface area contributed by atoms with E-state index in [0.29, 0.717) is 60.0 Å². The molecule has 6 nitrogen and oxygen atoms in total. The third-order valence-electron chi connectivity index (χ3n) is 5.38. The van der Waals surface area contributed by atoms with E-state index >= 15 is 0 Å². The van der Waals surface area contributed by atoms with Crippen LogP contribution >= 0.6 is 11.6 Å². The van der Waals surface area contributed by atoms with Crippen LogP contribution in [0.1, 0.15) is 46.9 Å². The molecule has 2 aliphatic rings. The summed E-state index contributed by atoms with van der Waals surface area (Å²) in [5.41, 5.74) is 0.473. The minimum atomic E-state index is -0.576. The van der Waals surface area contributed by atoms with Gasteiger partial charge in [0.2, 0.25) is 0 Å². The predicted molar refractivity (Wildman–Crippen MR) is 107 cm³/mol. The molecule has 2 aromatic rings. The molecule has 0 bridgehead atoms. The van der Waals surface area contributed by atoms with Crippen LogP contribution in [0, 0.1) is 0 Å². The highest BCUT2D eigenvalue weighted by atomic mass is 35.5. The van der Waals surface area contributed by atoms with Crippen molar-refractivity contribution in [1.29, 1.82) is 0 Å². The first-order chi connectivity index (χ1) is 13.8. The lowest BCUT2D eigenvalue weighted by Crippen LogP contribution is -2.52. The van der Waals surface area contributed by atoms with Crippen LogP contribution in [0.4, 0.5) is 0 Å². The largest absolute Gasteiger partial charge is 0.486 e. The average Bonchev–Trinajstić information content (AvgIpc) is 2.69. The van der Waals surface area contributed by atoms with Gasteiger partial charge in [-0.15, -0.1) is 0 Å². The van der Waals surface area contributed by atoms with Gasteiger partial charge in [0, 0.05) is 43.4 Å². The lowest BCUT2D eigenvalue weighted by atomic mass is 9.82. The summed E-state index contributed by atoms with van der Waals surface area (Å²) in [6, 6.07) is 11.6. The Balaban J connectivity index is 1.43. The van der Waals surface area contributed by atoms with E-state index in [1.165, 1.54) is 6.92 Å². The number of nitrogens with zero attached hydrogens (tertiary/aromatic N) is 1. The van der Waals surface area contributed by atoms with Crippen molar-refractivity contribution in [3.8, 4) is 11.5 Å². The van der Waals surface area contributed by atoms with Gasteiger partial charge in [0.25, 0.3) is 5.91 Å². The molecule has 0 aromatic heterocycles. The molecule has 150 valence electrons. The number of hydrogen-bond acceptors (Lipinski definition) is 5. The molecule has 1 spiro atoms. The molecule has 0 aliphatic carbocycles. The number of carbonyl (C=O) groups excluding carboxylic acids is 3. The minimum absolute atomic E-state index is 0.0228. The van der Waals surface area contributed by atoms with Crippen LogP contribution in [-0.4, -0.2) is 41.3 Å². The number of rotatable bonds is 2. The molecule has 2 heterocycles. The quantitative estimate of drug-likeness (QED) is 0.551. The number of likely N-dealkylation sites (tertiary alicyclic amines) is 1.